The quantitative estimate of drug-likeness (QED) is 0.779. The van der Waals surface area contributed by atoms with Crippen LogP contribution in [0.4, 0.5) is 0 Å². The number of carbonyl (C=O) groups is 1. The number of hydrogen-bond acceptors (Lipinski definition) is 2. The fourth-order valence-electron chi connectivity index (χ4n) is 1.51. The average Bonchev–Trinajstić information content (AvgIpc) is 2.35. The van der Waals surface area contributed by atoms with Crippen molar-refractivity contribution in [1.29, 1.82) is 0 Å². The van der Waals surface area contributed by atoms with Crippen molar-refractivity contribution in [3.05, 3.63) is 40.9 Å². The van der Waals surface area contributed by atoms with Crippen LogP contribution in [0.5, 0.6) is 0 Å². The molecule has 18 heavy (non-hydrogen) atoms. The molecule has 98 valence electrons. The second-order valence-electron chi connectivity index (χ2n) is 4.16. The van der Waals surface area contributed by atoms with Gasteiger partial charge in [-0.05, 0) is 43.5 Å². The van der Waals surface area contributed by atoms with E-state index >= 15 is 0 Å². The molecule has 1 atom stereocenters. The zero-order chi connectivity index (χ0) is 13.4. The molecular weight excluding hydrogens is 250 g/mol. The molecule has 0 radical (unpaired) electrons. The summed E-state index contributed by atoms with van der Waals surface area (Å²) < 4.78 is 0. The van der Waals surface area contributed by atoms with Crippen molar-refractivity contribution in [1.82, 2.24) is 5.32 Å². The SMILES string of the molecule is CC(CCCO)NC(=O)C=Cc1ccc(Cl)cc1. The summed E-state index contributed by atoms with van der Waals surface area (Å²) in [5, 5.41) is 12.2. The van der Waals surface area contributed by atoms with Crippen LogP contribution in [-0.2, 0) is 4.79 Å². The monoisotopic (exact) mass is 267 g/mol. The molecule has 0 spiro atoms. The molecule has 0 saturated heterocycles. The molecule has 1 aromatic carbocycles. The van der Waals surface area contributed by atoms with Crippen molar-refractivity contribution in [3.63, 3.8) is 0 Å². The molecule has 1 aromatic rings. The van der Waals surface area contributed by atoms with Gasteiger partial charge < -0.3 is 10.4 Å². The molecule has 0 aliphatic rings. The molecule has 1 rings (SSSR count). The lowest BCUT2D eigenvalue weighted by Crippen LogP contribution is -2.31. The van der Waals surface area contributed by atoms with Gasteiger partial charge in [-0.15, -0.1) is 0 Å². The fourth-order valence-corrected chi connectivity index (χ4v) is 1.63. The van der Waals surface area contributed by atoms with Crippen LogP contribution in [0.2, 0.25) is 5.02 Å². The standard InChI is InChI=1S/C14H18ClNO2/c1-11(3-2-10-17)16-14(18)9-6-12-4-7-13(15)8-5-12/h4-9,11,17H,2-3,10H2,1H3,(H,16,18). The van der Waals surface area contributed by atoms with Crippen molar-refractivity contribution >= 4 is 23.6 Å². The van der Waals surface area contributed by atoms with Gasteiger partial charge in [0.25, 0.3) is 0 Å². The predicted octanol–water partition coefficient (Wildman–Crippen LogP) is 2.63. The first-order valence-electron chi connectivity index (χ1n) is 5.97. The molecule has 0 saturated carbocycles. The molecule has 0 bridgehead atoms. The summed E-state index contributed by atoms with van der Waals surface area (Å²) in [6.07, 6.45) is 4.71. The maximum atomic E-state index is 11.6. The van der Waals surface area contributed by atoms with Gasteiger partial charge >= 0.3 is 0 Å². The first-order valence-corrected chi connectivity index (χ1v) is 6.34. The van der Waals surface area contributed by atoms with E-state index in [1.165, 1.54) is 6.08 Å². The van der Waals surface area contributed by atoms with Gasteiger partial charge in [0.15, 0.2) is 0 Å². The minimum atomic E-state index is -0.129. The number of amides is 1. The van der Waals surface area contributed by atoms with Crippen LogP contribution in [0.15, 0.2) is 30.3 Å². The summed E-state index contributed by atoms with van der Waals surface area (Å²) in [5.74, 6) is -0.129. The van der Waals surface area contributed by atoms with E-state index in [-0.39, 0.29) is 18.6 Å². The third-order valence-corrected chi connectivity index (χ3v) is 2.73. The third kappa shape index (κ3) is 5.84. The van der Waals surface area contributed by atoms with Crippen LogP contribution >= 0.6 is 11.6 Å². The van der Waals surface area contributed by atoms with E-state index in [9.17, 15) is 4.79 Å². The van der Waals surface area contributed by atoms with E-state index < -0.39 is 0 Å². The summed E-state index contributed by atoms with van der Waals surface area (Å²) >= 11 is 5.77. The van der Waals surface area contributed by atoms with Crippen molar-refractivity contribution in [2.75, 3.05) is 6.61 Å². The number of carbonyl (C=O) groups excluding carboxylic acids is 1. The Morgan fingerprint density at radius 1 is 1.44 bits per heavy atom. The van der Waals surface area contributed by atoms with Crippen molar-refractivity contribution < 1.29 is 9.90 Å². The summed E-state index contributed by atoms with van der Waals surface area (Å²) in [4.78, 5) is 11.6. The molecule has 0 fully saturated rings. The zero-order valence-corrected chi connectivity index (χ0v) is 11.2. The van der Waals surface area contributed by atoms with Crippen LogP contribution in [0.1, 0.15) is 25.3 Å². The molecule has 0 aliphatic carbocycles. The Morgan fingerprint density at radius 3 is 2.72 bits per heavy atom. The highest BCUT2D eigenvalue weighted by atomic mass is 35.5. The molecule has 0 aromatic heterocycles. The lowest BCUT2D eigenvalue weighted by molar-refractivity contribution is -0.117. The summed E-state index contributed by atoms with van der Waals surface area (Å²) in [6.45, 7) is 2.07. The maximum Gasteiger partial charge on any atom is 0.244 e. The smallest absolute Gasteiger partial charge is 0.244 e. The van der Waals surface area contributed by atoms with E-state index in [0.29, 0.717) is 11.4 Å². The number of nitrogens with one attached hydrogen (secondary N) is 1. The number of aliphatic hydroxyl groups is 1. The molecule has 0 aliphatic heterocycles. The lowest BCUT2D eigenvalue weighted by Gasteiger charge is -2.10. The van der Waals surface area contributed by atoms with E-state index in [1.54, 1.807) is 18.2 Å². The number of benzene rings is 1. The van der Waals surface area contributed by atoms with Gasteiger partial charge in [-0.3, -0.25) is 4.79 Å². The van der Waals surface area contributed by atoms with Crippen molar-refractivity contribution in [2.24, 2.45) is 0 Å². The van der Waals surface area contributed by atoms with E-state index in [4.69, 9.17) is 16.7 Å². The third-order valence-electron chi connectivity index (χ3n) is 2.48. The molecule has 1 unspecified atom stereocenters. The van der Waals surface area contributed by atoms with E-state index in [2.05, 4.69) is 5.32 Å². The van der Waals surface area contributed by atoms with Gasteiger partial charge in [0, 0.05) is 23.7 Å². The van der Waals surface area contributed by atoms with E-state index in [1.807, 2.05) is 19.1 Å². The predicted molar refractivity (Wildman–Crippen MR) is 74.4 cm³/mol. The fraction of sp³-hybridized carbons (Fsp3) is 0.357. The maximum absolute atomic E-state index is 11.6. The molecule has 0 heterocycles. The van der Waals surface area contributed by atoms with Crippen LogP contribution in [0.25, 0.3) is 6.08 Å². The molecule has 3 nitrogen and oxygen atoms in total. The van der Waals surface area contributed by atoms with Gasteiger partial charge in [0.2, 0.25) is 5.91 Å². The first kappa shape index (κ1) is 14.7. The average molecular weight is 268 g/mol. The Hall–Kier alpha value is -1.32. The number of aliphatic hydroxyl groups excluding tert-OH is 1. The highest BCUT2D eigenvalue weighted by Gasteiger charge is 2.03. The second-order valence-corrected chi connectivity index (χ2v) is 4.60. The van der Waals surface area contributed by atoms with Gasteiger partial charge in [-0.25, -0.2) is 0 Å². The Balaban J connectivity index is 2.41. The molecule has 4 heteroatoms. The minimum Gasteiger partial charge on any atom is -0.396 e. The summed E-state index contributed by atoms with van der Waals surface area (Å²) in [7, 11) is 0. The number of hydrogen-bond donors (Lipinski definition) is 2. The first-order chi connectivity index (χ1) is 8.61. The Labute approximate surface area is 112 Å². The normalized spacial score (nSPS) is 12.6. The van der Waals surface area contributed by atoms with Crippen LogP contribution < -0.4 is 5.32 Å². The molecule has 2 N–H and O–H groups in total. The van der Waals surface area contributed by atoms with Gasteiger partial charge in [-0.2, -0.15) is 0 Å². The van der Waals surface area contributed by atoms with Crippen LogP contribution in [0.3, 0.4) is 0 Å². The van der Waals surface area contributed by atoms with Crippen LogP contribution in [-0.4, -0.2) is 23.7 Å². The second kappa shape index (κ2) is 7.90. The number of rotatable bonds is 6. The highest BCUT2D eigenvalue weighted by molar-refractivity contribution is 6.30. The Kier molecular flexibility index (Phi) is 6.47. The van der Waals surface area contributed by atoms with Gasteiger partial charge in [-0.1, -0.05) is 23.7 Å². The topological polar surface area (TPSA) is 49.3 Å². The largest absolute Gasteiger partial charge is 0.396 e. The van der Waals surface area contributed by atoms with Crippen molar-refractivity contribution in [2.45, 2.75) is 25.8 Å². The van der Waals surface area contributed by atoms with E-state index in [0.717, 1.165) is 12.0 Å². The minimum absolute atomic E-state index is 0.0690. The zero-order valence-electron chi connectivity index (χ0n) is 10.4. The molecular formula is C14H18ClNO2. The summed E-state index contributed by atoms with van der Waals surface area (Å²) in [6, 6.07) is 7.33. The Bertz CT molecular complexity index is 401. The summed E-state index contributed by atoms with van der Waals surface area (Å²) in [5.41, 5.74) is 0.928. The Morgan fingerprint density at radius 2 is 2.11 bits per heavy atom. The number of halogens is 1. The molecule has 1 amide bonds. The van der Waals surface area contributed by atoms with Gasteiger partial charge in [0.1, 0.15) is 0 Å². The van der Waals surface area contributed by atoms with Crippen LogP contribution in [0, 0.1) is 0 Å². The lowest BCUT2D eigenvalue weighted by atomic mass is 10.2. The highest BCUT2D eigenvalue weighted by Crippen LogP contribution is 2.10. The van der Waals surface area contributed by atoms with Gasteiger partial charge in [0.05, 0.1) is 0 Å². The van der Waals surface area contributed by atoms with Crippen molar-refractivity contribution in [3.8, 4) is 0 Å².